The van der Waals surface area contributed by atoms with Crippen LogP contribution in [0.15, 0.2) is 52.9 Å². The lowest BCUT2D eigenvalue weighted by atomic mass is 10.0. The second-order valence-electron chi connectivity index (χ2n) is 5.68. The number of hydrogen-bond acceptors (Lipinski definition) is 5. The Bertz CT molecular complexity index is 812. The Hall–Kier alpha value is -2.82. The average Bonchev–Trinajstić information content (AvgIpc) is 3.09. The highest BCUT2D eigenvalue weighted by atomic mass is 16.5. The Morgan fingerprint density at radius 3 is 2.42 bits per heavy atom. The minimum atomic E-state index is 0.228. The van der Waals surface area contributed by atoms with E-state index in [0.29, 0.717) is 23.4 Å². The smallest absolute Gasteiger partial charge is 0.254 e. The maximum absolute atomic E-state index is 5.86. The van der Waals surface area contributed by atoms with E-state index in [4.69, 9.17) is 13.9 Å². The highest BCUT2D eigenvalue weighted by Crippen LogP contribution is 2.29. The number of aromatic nitrogens is 2. The maximum Gasteiger partial charge on any atom is 0.254 e. The van der Waals surface area contributed by atoms with Crippen molar-refractivity contribution in [2.45, 2.75) is 26.4 Å². The largest absolute Gasteiger partial charge is 0.496 e. The molecule has 0 aliphatic carbocycles. The molecule has 0 N–H and O–H groups in total. The molecular formula is C19H20N2O3. The molecule has 0 aliphatic heterocycles. The predicted octanol–water partition coefficient (Wildman–Crippen LogP) is 4.45. The van der Waals surface area contributed by atoms with E-state index in [1.807, 2.05) is 42.5 Å². The van der Waals surface area contributed by atoms with E-state index in [0.717, 1.165) is 16.9 Å². The Labute approximate surface area is 141 Å². The van der Waals surface area contributed by atoms with Crippen LogP contribution in [-0.4, -0.2) is 17.3 Å². The second-order valence-corrected chi connectivity index (χ2v) is 5.68. The molecular weight excluding hydrogens is 304 g/mol. The molecule has 0 fully saturated rings. The van der Waals surface area contributed by atoms with Crippen molar-refractivity contribution < 1.29 is 13.9 Å². The number of ether oxygens (including phenoxy) is 2. The first kappa shape index (κ1) is 16.1. The van der Waals surface area contributed by atoms with Crippen molar-refractivity contribution >= 4 is 0 Å². The summed E-state index contributed by atoms with van der Waals surface area (Å²) in [5.74, 6) is 2.76. The monoisotopic (exact) mass is 324 g/mol. The van der Waals surface area contributed by atoms with Crippen molar-refractivity contribution in [2.24, 2.45) is 0 Å². The zero-order valence-corrected chi connectivity index (χ0v) is 14.0. The molecule has 5 heteroatoms. The van der Waals surface area contributed by atoms with Gasteiger partial charge in [-0.05, 0) is 29.7 Å². The van der Waals surface area contributed by atoms with Gasteiger partial charge in [0.2, 0.25) is 0 Å². The molecule has 0 atom stereocenters. The molecule has 0 spiro atoms. The zero-order chi connectivity index (χ0) is 16.9. The number of nitrogens with zero attached hydrogens (tertiary/aromatic N) is 2. The molecule has 3 rings (SSSR count). The molecule has 5 nitrogen and oxygen atoms in total. The lowest BCUT2D eigenvalue weighted by molar-refractivity contribution is 0.261. The highest BCUT2D eigenvalue weighted by Gasteiger charge is 2.14. The fraction of sp³-hybridized carbons (Fsp3) is 0.263. The lowest BCUT2D eigenvalue weighted by Gasteiger charge is -2.12. The van der Waals surface area contributed by atoms with Gasteiger partial charge in [-0.25, -0.2) is 0 Å². The third-order valence-electron chi connectivity index (χ3n) is 3.70. The summed E-state index contributed by atoms with van der Waals surface area (Å²) in [5.41, 5.74) is 1.92. The van der Waals surface area contributed by atoms with Crippen molar-refractivity contribution in [3.05, 3.63) is 60.0 Å². The Kier molecular flexibility index (Phi) is 4.79. The average molecular weight is 324 g/mol. The number of methoxy groups -OCH3 is 1. The van der Waals surface area contributed by atoms with Crippen LogP contribution < -0.4 is 9.47 Å². The number of benzene rings is 2. The van der Waals surface area contributed by atoms with Gasteiger partial charge >= 0.3 is 0 Å². The molecule has 0 radical (unpaired) electrons. The lowest BCUT2D eigenvalue weighted by Crippen LogP contribution is -2.00. The van der Waals surface area contributed by atoms with Crippen molar-refractivity contribution in [1.29, 1.82) is 0 Å². The number of hydrogen-bond donors (Lipinski definition) is 0. The van der Waals surface area contributed by atoms with Crippen LogP contribution >= 0.6 is 0 Å². The molecule has 1 aromatic heterocycles. The molecule has 0 saturated carbocycles. The third kappa shape index (κ3) is 3.40. The van der Waals surface area contributed by atoms with Crippen LogP contribution in [0, 0.1) is 0 Å². The van der Waals surface area contributed by atoms with Gasteiger partial charge in [-0.1, -0.05) is 44.2 Å². The topological polar surface area (TPSA) is 57.4 Å². The van der Waals surface area contributed by atoms with Gasteiger partial charge in [0.15, 0.2) is 6.61 Å². The molecule has 0 amide bonds. The molecule has 124 valence electrons. The summed E-state index contributed by atoms with van der Waals surface area (Å²) < 4.78 is 16.9. The van der Waals surface area contributed by atoms with E-state index in [1.165, 1.54) is 0 Å². The van der Waals surface area contributed by atoms with Crippen LogP contribution in [0.3, 0.4) is 0 Å². The van der Waals surface area contributed by atoms with Gasteiger partial charge in [-0.15, -0.1) is 10.2 Å². The minimum absolute atomic E-state index is 0.228. The van der Waals surface area contributed by atoms with Crippen molar-refractivity contribution in [2.75, 3.05) is 7.11 Å². The summed E-state index contributed by atoms with van der Waals surface area (Å²) in [4.78, 5) is 0. The predicted molar refractivity (Wildman–Crippen MR) is 91.1 cm³/mol. The third-order valence-corrected chi connectivity index (χ3v) is 3.70. The molecule has 0 unspecified atom stereocenters. The minimum Gasteiger partial charge on any atom is -0.496 e. The maximum atomic E-state index is 5.86. The molecule has 0 aliphatic rings. The van der Waals surface area contributed by atoms with E-state index in [-0.39, 0.29) is 6.61 Å². The van der Waals surface area contributed by atoms with E-state index in [9.17, 15) is 0 Å². The summed E-state index contributed by atoms with van der Waals surface area (Å²) in [7, 11) is 1.61. The van der Waals surface area contributed by atoms with Crippen molar-refractivity contribution in [1.82, 2.24) is 10.2 Å². The van der Waals surface area contributed by atoms with Gasteiger partial charge in [0.1, 0.15) is 11.5 Å². The fourth-order valence-electron chi connectivity index (χ4n) is 2.47. The molecule has 1 heterocycles. The number of para-hydroxylation sites is 2. The molecule has 24 heavy (non-hydrogen) atoms. The fourth-order valence-corrected chi connectivity index (χ4v) is 2.47. The SMILES string of the molecule is COc1ccccc1-c1nnc(COc2ccccc2C(C)C)o1. The summed E-state index contributed by atoms with van der Waals surface area (Å²) in [6.07, 6.45) is 0. The first-order chi connectivity index (χ1) is 11.7. The molecule has 0 bridgehead atoms. The van der Waals surface area contributed by atoms with Crippen molar-refractivity contribution in [3.8, 4) is 23.0 Å². The summed E-state index contributed by atoms with van der Waals surface area (Å²) in [5, 5.41) is 8.15. The van der Waals surface area contributed by atoms with Gasteiger partial charge < -0.3 is 13.9 Å². The Morgan fingerprint density at radius 1 is 0.958 bits per heavy atom. The van der Waals surface area contributed by atoms with Crippen LogP contribution in [0.1, 0.15) is 31.2 Å². The van der Waals surface area contributed by atoms with E-state index < -0.39 is 0 Å². The molecule has 2 aromatic carbocycles. The first-order valence-corrected chi connectivity index (χ1v) is 7.86. The summed E-state index contributed by atoms with van der Waals surface area (Å²) in [6.45, 7) is 4.50. The van der Waals surface area contributed by atoms with Crippen LogP contribution in [-0.2, 0) is 6.61 Å². The van der Waals surface area contributed by atoms with E-state index in [1.54, 1.807) is 7.11 Å². The van der Waals surface area contributed by atoms with Crippen molar-refractivity contribution in [3.63, 3.8) is 0 Å². The first-order valence-electron chi connectivity index (χ1n) is 7.86. The standard InChI is InChI=1S/C19H20N2O3/c1-13(2)14-8-4-7-11-17(14)23-12-18-20-21-19(24-18)15-9-5-6-10-16(15)22-3/h4-11,13H,12H2,1-3H3. The van der Waals surface area contributed by atoms with Gasteiger partial charge in [-0.2, -0.15) is 0 Å². The van der Waals surface area contributed by atoms with Gasteiger partial charge in [0, 0.05) is 0 Å². The van der Waals surface area contributed by atoms with Gasteiger partial charge in [-0.3, -0.25) is 0 Å². The van der Waals surface area contributed by atoms with Crippen LogP contribution in [0.4, 0.5) is 0 Å². The second kappa shape index (κ2) is 7.17. The molecule has 0 saturated heterocycles. The number of rotatable bonds is 6. The zero-order valence-electron chi connectivity index (χ0n) is 14.0. The van der Waals surface area contributed by atoms with E-state index in [2.05, 4.69) is 30.1 Å². The Balaban J connectivity index is 1.76. The van der Waals surface area contributed by atoms with Crippen LogP contribution in [0.2, 0.25) is 0 Å². The molecule has 3 aromatic rings. The van der Waals surface area contributed by atoms with Crippen LogP contribution in [0.25, 0.3) is 11.5 Å². The normalized spacial score (nSPS) is 10.8. The van der Waals surface area contributed by atoms with Gasteiger partial charge in [0.05, 0.1) is 12.7 Å². The highest BCUT2D eigenvalue weighted by molar-refractivity contribution is 5.62. The Morgan fingerprint density at radius 2 is 1.67 bits per heavy atom. The quantitative estimate of drug-likeness (QED) is 0.670. The van der Waals surface area contributed by atoms with E-state index >= 15 is 0 Å². The summed E-state index contributed by atoms with van der Waals surface area (Å²) in [6, 6.07) is 15.5. The summed E-state index contributed by atoms with van der Waals surface area (Å²) >= 11 is 0. The van der Waals surface area contributed by atoms with Crippen LogP contribution in [0.5, 0.6) is 11.5 Å². The van der Waals surface area contributed by atoms with Gasteiger partial charge in [0.25, 0.3) is 11.8 Å².